The van der Waals surface area contributed by atoms with Crippen molar-refractivity contribution in [3.8, 4) is 0 Å². The topological polar surface area (TPSA) is 29.9 Å². The highest BCUT2D eigenvalue weighted by Crippen LogP contribution is 2.25. The minimum absolute atomic E-state index is 0.437. The molecule has 1 saturated carbocycles. The third kappa shape index (κ3) is 2.31. The van der Waals surface area contributed by atoms with E-state index in [4.69, 9.17) is 4.98 Å². The summed E-state index contributed by atoms with van der Waals surface area (Å²) in [6.07, 6.45) is 2.63. The highest BCUT2D eigenvalue weighted by Gasteiger charge is 2.22. The molecule has 3 rings (SSSR count). The second kappa shape index (κ2) is 4.67. The zero-order valence-corrected chi connectivity index (χ0v) is 12.4. The van der Waals surface area contributed by atoms with Crippen LogP contribution in [0.15, 0.2) is 22.7 Å². The average Bonchev–Trinajstić information content (AvgIpc) is 3.06. The predicted molar refractivity (Wildman–Crippen MR) is 77.7 cm³/mol. The van der Waals surface area contributed by atoms with Crippen LogP contribution in [0, 0.1) is 0 Å². The lowest BCUT2D eigenvalue weighted by atomic mass is 10.3. The molecule has 1 aliphatic carbocycles. The number of hydrogen-bond acceptors (Lipinski definition) is 2. The first-order valence-electron chi connectivity index (χ1n) is 6.55. The Kier molecular flexibility index (Phi) is 3.16. The standard InChI is InChI=1S/C14H18BrN3/c1-9(2)18-13-6-3-10(15)7-12(13)17-14(18)8-16-11-4-5-11/h3,6-7,9,11,16H,4-5,8H2,1-2H3. The van der Waals surface area contributed by atoms with Crippen LogP contribution in [0.5, 0.6) is 0 Å². The summed E-state index contributed by atoms with van der Waals surface area (Å²) >= 11 is 3.51. The lowest BCUT2D eigenvalue weighted by Crippen LogP contribution is -2.19. The van der Waals surface area contributed by atoms with Crippen LogP contribution in [0.3, 0.4) is 0 Å². The number of aromatic nitrogens is 2. The van der Waals surface area contributed by atoms with E-state index in [9.17, 15) is 0 Å². The van der Waals surface area contributed by atoms with Crippen molar-refractivity contribution in [2.45, 2.75) is 45.3 Å². The van der Waals surface area contributed by atoms with Crippen molar-refractivity contribution in [3.05, 3.63) is 28.5 Å². The Morgan fingerprint density at radius 2 is 2.22 bits per heavy atom. The molecule has 1 aromatic carbocycles. The molecule has 3 nitrogen and oxygen atoms in total. The highest BCUT2D eigenvalue weighted by atomic mass is 79.9. The van der Waals surface area contributed by atoms with E-state index in [0.29, 0.717) is 6.04 Å². The molecule has 0 atom stereocenters. The number of imidazole rings is 1. The fourth-order valence-electron chi connectivity index (χ4n) is 2.35. The van der Waals surface area contributed by atoms with Gasteiger partial charge in [-0.25, -0.2) is 4.98 Å². The molecule has 0 unspecified atom stereocenters. The van der Waals surface area contributed by atoms with Gasteiger partial charge in [0.2, 0.25) is 0 Å². The van der Waals surface area contributed by atoms with Crippen LogP contribution >= 0.6 is 15.9 Å². The van der Waals surface area contributed by atoms with Gasteiger partial charge in [-0.05, 0) is 44.9 Å². The molecule has 1 aliphatic rings. The van der Waals surface area contributed by atoms with Gasteiger partial charge in [0.1, 0.15) is 5.82 Å². The maximum Gasteiger partial charge on any atom is 0.124 e. The summed E-state index contributed by atoms with van der Waals surface area (Å²) in [4.78, 5) is 4.76. The third-order valence-electron chi connectivity index (χ3n) is 3.37. The molecule has 1 heterocycles. The van der Waals surface area contributed by atoms with Crippen molar-refractivity contribution < 1.29 is 0 Å². The van der Waals surface area contributed by atoms with Crippen molar-refractivity contribution in [1.29, 1.82) is 0 Å². The van der Waals surface area contributed by atoms with E-state index < -0.39 is 0 Å². The summed E-state index contributed by atoms with van der Waals surface area (Å²) in [7, 11) is 0. The smallest absolute Gasteiger partial charge is 0.124 e. The normalized spacial score (nSPS) is 15.8. The van der Waals surface area contributed by atoms with Gasteiger partial charge < -0.3 is 9.88 Å². The van der Waals surface area contributed by atoms with E-state index in [-0.39, 0.29) is 0 Å². The number of fused-ring (bicyclic) bond motifs is 1. The molecule has 0 saturated heterocycles. The molecule has 1 fully saturated rings. The lowest BCUT2D eigenvalue weighted by molar-refractivity contribution is 0.553. The molecule has 0 bridgehead atoms. The first-order valence-corrected chi connectivity index (χ1v) is 7.34. The number of halogens is 1. The summed E-state index contributed by atoms with van der Waals surface area (Å²) < 4.78 is 3.42. The molecule has 18 heavy (non-hydrogen) atoms. The average molecular weight is 308 g/mol. The zero-order chi connectivity index (χ0) is 12.7. The van der Waals surface area contributed by atoms with Gasteiger partial charge in [0.25, 0.3) is 0 Å². The molecule has 0 aliphatic heterocycles. The monoisotopic (exact) mass is 307 g/mol. The summed E-state index contributed by atoms with van der Waals surface area (Å²) in [5.74, 6) is 1.14. The molecule has 0 radical (unpaired) electrons. The third-order valence-corrected chi connectivity index (χ3v) is 3.86. The van der Waals surface area contributed by atoms with Crippen LogP contribution in [0.2, 0.25) is 0 Å². The fraction of sp³-hybridized carbons (Fsp3) is 0.500. The molecule has 0 spiro atoms. The van der Waals surface area contributed by atoms with Gasteiger partial charge in [0, 0.05) is 16.6 Å². The lowest BCUT2D eigenvalue weighted by Gasteiger charge is -2.13. The van der Waals surface area contributed by atoms with Crippen LogP contribution < -0.4 is 5.32 Å². The van der Waals surface area contributed by atoms with Crippen LogP contribution in [0.4, 0.5) is 0 Å². The molecular weight excluding hydrogens is 290 g/mol. The number of benzene rings is 1. The second-order valence-electron chi connectivity index (χ2n) is 5.28. The number of nitrogens with zero attached hydrogens (tertiary/aromatic N) is 2. The predicted octanol–water partition coefficient (Wildman–Crippen LogP) is 3.63. The number of rotatable bonds is 4. The first kappa shape index (κ1) is 12.2. The van der Waals surface area contributed by atoms with E-state index in [1.165, 1.54) is 18.4 Å². The Morgan fingerprint density at radius 1 is 1.44 bits per heavy atom. The Morgan fingerprint density at radius 3 is 2.89 bits per heavy atom. The zero-order valence-electron chi connectivity index (χ0n) is 10.8. The van der Waals surface area contributed by atoms with Gasteiger partial charge in [-0.1, -0.05) is 15.9 Å². The van der Waals surface area contributed by atoms with Gasteiger partial charge in [-0.2, -0.15) is 0 Å². The summed E-state index contributed by atoms with van der Waals surface area (Å²) in [5.41, 5.74) is 2.30. The molecule has 4 heteroatoms. The van der Waals surface area contributed by atoms with Gasteiger partial charge in [0.15, 0.2) is 0 Å². The van der Waals surface area contributed by atoms with Gasteiger partial charge >= 0.3 is 0 Å². The minimum atomic E-state index is 0.437. The second-order valence-corrected chi connectivity index (χ2v) is 6.20. The van der Waals surface area contributed by atoms with E-state index in [0.717, 1.165) is 28.4 Å². The number of hydrogen-bond donors (Lipinski definition) is 1. The van der Waals surface area contributed by atoms with E-state index in [1.54, 1.807) is 0 Å². The Balaban J connectivity index is 2.01. The van der Waals surface area contributed by atoms with E-state index >= 15 is 0 Å². The van der Waals surface area contributed by atoms with E-state index in [2.05, 4.69) is 57.9 Å². The number of nitrogens with one attached hydrogen (secondary N) is 1. The van der Waals surface area contributed by atoms with Crippen LogP contribution in [-0.2, 0) is 6.54 Å². The Labute approximate surface area is 116 Å². The molecular formula is C14H18BrN3. The first-order chi connectivity index (χ1) is 8.65. The SMILES string of the molecule is CC(C)n1c(CNC2CC2)nc2cc(Br)ccc21. The summed E-state index contributed by atoms with van der Waals surface area (Å²) in [6, 6.07) is 7.48. The molecule has 0 amide bonds. The minimum Gasteiger partial charge on any atom is -0.324 e. The maximum absolute atomic E-state index is 4.76. The van der Waals surface area contributed by atoms with Gasteiger partial charge in [-0.15, -0.1) is 0 Å². The van der Waals surface area contributed by atoms with Crippen molar-refractivity contribution in [2.24, 2.45) is 0 Å². The molecule has 2 aromatic rings. The Bertz CT molecular complexity index is 570. The van der Waals surface area contributed by atoms with Crippen LogP contribution in [-0.4, -0.2) is 15.6 Å². The largest absolute Gasteiger partial charge is 0.324 e. The maximum atomic E-state index is 4.76. The quantitative estimate of drug-likeness (QED) is 0.934. The van der Waals surface area contributed by atoms with Crippen molar-refractivity contribution in [2.75, 3.05) is 0 Å². The summed E-state index contributed by atoms with van der Waals surface area (Å²) in [6.45, 7) is 5.29. The van der Waals surface area contributed by atoms with Crippen LogP contribution in [0.1, 0.15) is 38.6 Å². The van der Waals surface area contributed by atoms with Gasteiger partial charge in [-0.3, -0.25) is 0 Å². The van der Waals surface area contributed by atoms with E-state index in [1.807, 2.05) is 0 Å². The van der Waals surface area contributed by atoms with Crippen molar-refractivity contribution in [1.82, 2.24) is 14.9 Å². The van der Waals surface area contributed by atoms with Crippen molar-refractivity contribution >= 4 is 27.0 Å². The van der Waals surface area contributed by atoms with Gasteiger partial charge in [0.05, 0.1) is 17.6 Å². The highest BCUT2D eigenvalue weighted by molar-refractivity contribution is 9.10. The molecule has 96 valence electrons. The molecule has 1 N–H and O–H groups in total. The summed E-state index contributed by atoms with van der Waals surface area (Å²) in [5, 5.41) is 3.55. The van der Waals surface area contributed by atoms with Crippen molar-refractivity contribution in [3.63, 3.8) is 0 Å². The molecule has 1 aromatic heterocycles. The Hall–Kier alpha value is -0.870. The fourth-order valence-corrected chi connectivity index (χ4v) is 2.69. The van der Waals surface area contributed by atoms with Crippen LogP contribution in [0.25, 0.3) is 11.0 Å².